The predicted molar refractivity (Wildman–Crippen MR) is 146 cm³/mol. The highest BCUT2D eigenvalue weighted by Crippen LogP contribution is 2.27. The van der Waals surface area contributed by atoms with Crippen LogP contribution >= 0.6 is 0 Å². The van der Waals surface area contributed by atoms with Crippen LogP contribution in [0.25, 0.3) is 11.1 Å². The molecule has 0 heterocycles. The second-order valence-electron chi connectivity index (χ2n) is 8.71. The molecule has 1 unspecified atom stereocenters. The van der Waals surface area contributed by atoms with E-state index in [1.807, 2.05) is 93.0 Å². The van der Waals surface area contributed by atoms with Gasteiger partial charge in [0, 0.05) is 38.3 Å². The zero-order valence-electron chi connectivity index (χ0n) is 20.1. The summed E-state index contributed by atoms with van der Waals surface area (Å²) in [5.41, 5.74) is 6.00. The minimum Gasteiger partial charge on any atom is -0.378 e. The van der Waals surface area contributed by atoms with Gasteiger partial charge in [-0.05, 0) is 59.0 Å². The van der Waals surface area contributed by atoms with E-state index < -0.39 is 11.0 Å². The van der Waals surface area contributed by atoms with Crippen molar-refractivity contribution in [3.05, 3.63) is 114 Å². The molecule has 0 aliphatic heterocycles. The molecule has 4 aromatic rings. The summed E-state index contributed by atoms with van der Waals surface area (Å²) in [6.07, 6.45) is 1.66. The van der Waals surface area contributed by atoms with Crippen LogP contribution in [0.2, 0.25) is 0 Å². The Hall–Kier alpha value is -3.70. The second-order valence-corrected chi connectivity index (χ2v) is 9.89. The number of rotatable bonds is 10. The Morgan fingerprint density at radius 2 is 1.40 bits per heavy atom. The van der Waals surface area contributed by atoms with Crippen molar-refractivity contribution in [2.75, 3.05) is 23.7 Å². The Morgan fingerprint density at radius 1 is 0.771 bits per heavy atom. The topological polar surface area (TPSA) is 49.4 Å². The van der Waals surface area contributed by atoms with Crippen LogP contribution in [0.4, 0.5) is 11.4 Å². The van der Waals surface area contributed by atoms with Gasteiger partial charge in [0.1, 0.15) is 5.78 Å². The number of carbonyl (C=O) groups is 1. The van der Waals surface area contributed by atoms with E-state index in [1.54, 1.807) is 0 Å². The molecule has 0 spiro atoms. The van der Waals surface area contributed by atoms with E-state index >= 15 is 0 Å². The summed E-state index contributed by atoms with van der Waals surface area (Å²) in [5, 5.41) is 0. The van der Waals surface area contributed by atoms with E-state index in [4.69, 9.17) is 0 Å². The van der Waals surface area contributed by atoms with Gasteiger partial charge in [-0.1, -0.05) is 72.8 Å². The molecule has 0 aromatic heterocycles. The molecular weight excluding hydrogens is 452 g/mol. The first-order valence-electron chi connectivity index (χ1n) is 11.7. The standard InChI is InChI=1S/C30H30N2O2S/c1-32(2)27-19-14-23(15-20-27)16-21-28(33)22-24-12-17-26(18-13-24)31-35(34)30-11-7-6-10-29(30)25-8-4-3-5-9-25/h3-15,17-20,31H,16,21-22H2,1-2H3. The van der Waals surface area contributed by atoms with Crippen molar-refractivity contribution >= 4 is 28.1 Å². The molecule has 35 heavy (non-hydrogen) atoms. The summed E-state index contributed by atoms with van der Waals surface area (Å²) in [5.74, 6) is 0.211. The number of carbonyl (C=O) groups excluding carboxylic acids is 1. The fourth-order valence-electron chi connectivity index (χ4n) is 3.90. The summed E-state index contributed by atoms with van der Waals surface area (Å²) >= 11 is 0. The summed E-state index contributed by atoms with van der Waals surface area (Å²) < 4.78 is 16.2. The van der Waals surface area contributed by atoms with Crippen LogP contribution in [0.15, 0.2) is 108 Å². The number of nitrogens with zero attached hydrogens (tertiary/aromatic N) is 1. The average molecular weight is 483 g/mol. The van der Waals surface area contributed by atoms with Gasteiger partial charge in [0.2, 0.25) is 0 Å². The maximum Gasteiger partial charge on any atom is 0.150 e. The molecule has 0 bridgehead atoms. The van der Waals surface area contributed by atoms with Crippen molar-refractivity contribution in [2.45, 2.75) is 24.2 Å². The first-order valence-corrected chi connectivity index (χ1v) is 12.8. The average Bonchev–Trinajstić information content (AvgIpc) is 2.89. The highest BCUT2D eigenvalue weighted by Gasteiger charge is 2.12. The molecule has 4 nitrogen and oxygen atoms in total. The number of hydrogen-bond acceptors (Lipinski definition) is 3. The Bertz CT molecular complexity index is 1280. The van der Waals surface area contributed by atoms with Gasteiger partial charge in [-0.25, -0.2) is 4.21 Å². The van der Waals surface area contributed by atoms with Crippen molar-refractivity contribution in [1.82, 2.24) is 0 Å². The van der Waals surface area contributed by atoms with Gasteiger partial charge < -0.3 is 9.62 Å². The molecule has 4 aromatic carbocycles. The summed E-state index contributed by atoms with van der Waals surface area (Å²) in [6.45, 7) is 0. The van der Waals surface area contributed by atoms with Gasteiger partial charge in [-0.2, -0.15) is 0 Å². The lowest BCUT2D eigenvalue weighted by molar-refractivity contribution is -0.118. The molecule has 0 saturated carbocycles. The Morgan fingerprint density at radius 3 is 2.09 bits per heavy atom. The number of ketones is 1. The maximum atomic E-state index is 13.1. The SMILES string of the molecule is CN(C)c1ccc(CCC(=O)Cc2ccc(NS(=O)c3ccccc3-c3ccccc3)cc2)cc1. The highest BCUT2D eigenvalue weighted by molar-refractivity contribution is 7.86. The van der Waals surface area contributed by atoms with Gasteiger partial charge in [0.25, 0.3) is 0 Å². The molecule has 0 fully saturated rings. The van der Waals surface area contributed by atoms with Gasteiger partial charge in [-0.15, -0.1) is 0 Å². The summed E-state index contributed by atoms with van der Waals surface area (Å²) in [6, 6.07) is 33.6. The van der Waals surface area contributed by atoms with Crippen LogP contribution in [0.1, 0.15) is 17.5 Å². The van der Waals surface area contributed by atoms with Crippen molar-refractivity contribution in [3.8, 4) is 11.1 Å². The third-order valence-electron chi connectivity index (χ3n) is 5.88. The number of Topliss-reactive ketones (excluding diaryl/α,β-unsaturated/α-hetero) is 1. The van der Waals surface area contributed by atoms with Crippen LogP contribution in [-0.4, -0.2) is 24.1 Å². The van der Waals surface area contributed by atoms with Crippen LogP contribution in [0.5, 0.6) is 0 Å². The second kappa shape index (κ2) is 11.6. The molecule has 0 aliphatic carbocycles. The van der Waals surface area contributed by atoms with Crippen LogP contribution in [0.3, 0.4) is 0 Å². The van der Waals surface area contributed by atoms with Crippen LogP contribution in [0, 0.1) is 0 Å². The number of aryl methyl sites for hydroxylation is 1. The highest BCUT2D eigenvalue weighted by atomic mass is 32.2. The molecule has 5 heteroatoms. The first-order chi connectivity index (χ1) is 17.0. The molecule has 178 valence electrons. The monoisotopic (exact) mass is 482 g/mol. The van der Waals surface area contributed by atoms with E-state index in [0.717, 1.165) is 39.4 Å². The van der Waals surface area contributed by atoms with E-state index in [2.05, 4.69) is 33.9 Å². The molecule has 1 atom stereocenters. The Kier molecular flexibility index (Phi) is 8.11. The van der Waals surface area contributed by atoms with Crippen LogP contribution in [-0.2, 0) is 28.6 Å². The molecule has 0 amide bonds. The fourth-order valence-corrected chi connectivity index (χ4v) is 4.95. The number of nitrogens with one attached hydrogen (secondary N) is 1. The summed E-state index contributed by atoms with van der Waals surface area (Å²) in [7, 11) is 2.62. The minimum atomic E-state index is -1.41. The lowest BCUT2D eigenvalue weighted by Crippen LogP contribution is -2.08. The zero-order chi connectivity index (χ0) is 24.6. The van der Waals surface area contributed by atoms with E-state index in [1.165, 1.54) is 5.56 Å². The van der Waals surface area contributed by atoms with Crippen molar-refractivity contribution in [2.24, 2.45) is 0 Å². The quantitative estimate of drug-likeness (QED) is 0.289. The van der Waals surface area contributed by atoms with Gasteiger partial charge in [0.05, 0.1) is 4.90 Å². The van der Waals surface area contributed by atoms with Gasteiger partial charge in [-0.3, -0.25) is 4.79 Å². The van der Waals surface area contributed by atoms with Crippen molar-refractivity contribution in [3.63, 3.8) is 0 Å². The minimum absolute atomic E-state index is 0.211. The van der Waals surface area contributed by atoms with Crippen molar-refractivity contribution < 1.29 is 9.00 Å². The molecule has 0 saturated heterocycles. The van der Waals surface area contributed by atoms with Crippen molar-refractivity contribution in [1.29, 1.82) is 0 Å². The number of benzene rings is 4. The third-order valence-corrected chi connectivity index (χ3v) is 7.06. The lowest BCUT2D eigenvalue weighted by atomic mass is 10.0. The lowest BCUT2D eigenvalue weighted by Gasteiger charge is -2.12. The molecule has 4 rings (SSSR count). The van der Waals surface area contributed by atoms with Gasteiger partial charge >= 0.3 is 0 Å². The molecule has 1 N–H and O–H groups in total. The molecular formula is C30H30N2O2S. The van der Waals surface area contributed by atoms with E-state index in [0.29, 0.717) is 12.8 Å². The van der Waals surface area contributed by atoms with E-state index in [-0.39, 0.29) is 5.78 Å². The van der Waals surface area contributed by atoms with E-state index in [9.17, 15) is 9.00 Å². The Labute approximate surface area is 210 Å². The fraction of sp³-hybridized carbons (Fsp3) is 0.167. The normalized spacial score (nSPS) is 11.6. The number of anilines is 2. The molecule has 0 aliphatic rings. The van der Waals surface area contributed by atoms with Crippen LogP contribution < -0.4 is 9.62 Å². The van der Waals surface area contributed by atoms with Gasteiger partial charge in [0.15, 0.2) is 11.0 Å². The predicted octanol–water partition coefficient (Wildman–Crippen LogP) is 6.30. The smallest absolute Gasteiger partial charge is 0.150 e. The molecule has 0 radical (unpaired) electrons. The third kappa shape index (κ3) is 6.67. The zero-order valence-corrected chi connectivity index (χ0v) is 20.9. The maximum absolute atomic E-state index is 13.1. The largest absolute Gasteiger partial charge is 0.378 e. The first kappa shape index (κ1) is 24.4. The Balaban J connectivity index is 1.33. The number of hydrogen-bond donors (Lipinski definition) is 1. The summed E-state index contributed by atoms with van der Waals surface area (Å²) in [4.78, 5) is 15.3.